The van der Waals surface area contributed by atoms with Gasteiger partial charge >= 0.3 is 0 Å². The Hall–Kier alpha value is -4.49. The van der Waals surface area contributed by atoms with Crippen LogP contribution in [0.15, 0.2) is 91.5 Å². The fourth-order valence-electron chi connectivity index (χ4n) is 7.57. The molecular formula is C46H62N7O7PSi. The molecule has 0 aliphatic carbocycles. The molecule has 1 saturated heterocycles. The molecule has 1 aliphatic rings. The summed E-state index contributed by atoms with van der Waals surface area (Å²) in [5.74, 6) is 1.69. The summed E-state index contributed by atoms with van der Waals surface area (Å²) >= 11 is 0. The lowest BCUT2D eigenvalue weighted by Gasteiger charge is -2.43. The molecule has 0 spiro atoms. The van der Waals surface area contributed by atoms with Crippen molar-refractivity contribution in [3.8, 4) is 17.6 Å². The molecule has 6 rings (SSSR count). The standard InChI is InChI=1S/C46H62N7O7PSi/c1-31(2)53(32(3)4)61(57-27-15-26-47)59-41-40(60-62(10,11)45(5,6)7)38(58-44(41)52-30-51-39-42(48)49-29-50-43(39)52)28-56-46(33-16-13-12-14-17-33,34-18-22-36(54-8)23-19-34)35-20-24-37(55-9)25-21-35/h12-14,16-25,29-32,38,40-41,44H,15,27-28H2,1-11H3,(H2,48,49,50)/t38-,40-,41-,44-,61?/m1/s1. The Morgan fingerprint density at radius 1 is 0.855 bits per heavy atom. The average molecular weight is 884 g/mol. The number of hydrogen-bond donors (Lipinski definition) is 1. The van der Waals surface area contributed by atoms with Gasteiger partial charge in [-0.25, -0.2) is 19.6 Å². The summed E-state index contributed by atoms with van der Waals surface area (Å²) in [7, 11) is -1.03. The fourth-order valence-corrected chi connectivity index (χ4v) is 10.6. The van der Waals surface area contributed by atoms with Crippen molar-refractivity contribution in [2.75, 3.05) is 33.2 Å². The van der Waals surface area contributed by atoms with E-state index in [4.69, 9.17) is 38.2 Å². The summed E-state index contributed by atoms with van der Waals surface area (Å²) in [4.78, 5) is 13.5. The number of fused-ring (bicyclic) bond motifs is 1. The summed E-state index contributed by atoms with van der Waals surface area (Å²) in [6.45, 7) is 19.8. The number of hydrogen-bond acceptors (Lipinski definition) is 13. The largest absolute Gasteiger partial charge is 0.497 e. The van der Waals surface area contributed by atoms with Crippen LogP contribution in [0.3, 0.4) is 0 Å². The van der Waals surface area contributed by atoms with Crippen LogP contribution >= 0.6 is 8.53 Å². The minimum absolute atomic E-state index is 0.0463. The number of imidazole rings is 1. The summed E-state index contributed by atoms with van der Waals surface area (Å²) in [6.07, 6.45) is 0.316. The molecule has 1 unspecified atom stereocenters. The Morgan fingerprint density at radius 3 is 1.97 bits per heavy atom. The molecule has 0 radical (unpaired) electrons. The Labute approximate surface area is 368 Å². The van der Waals surface area contributed by atoms with E-state index in [1.165, 1.54) is 6.33 Å². The maximum Gasteiger partial charge on any atom is 0.259 e. The summed E-state index contributed by atoms with van der Waals surface area (Å²) in [5, 5.41) is 9.36. The van der Waals surface area contributed by atoms with Gasteiger partial charge in [0.25, 0.3) is 8.53 Å². The third kappa shape index (κ3) is 9.83. The van der Waals surface area contributed by atoms with Gasteiger partial charge in [0.15, 0.2) is 26.0 Å². The van der Waals surface area contributed by atoms with E-state index in [9.17, 15) is 5.26 Å². The number of ether oxygens (including phenoxy) is 4. The van der Waals surface area contributed by atoms with Gasteiger partial charge in [-0.15, -0.1) is 0 Å². The molecule has 2 aromatic heterocycles. The molecule has 1 fully saturated rings. The van der Waals surface area contributed by atoms with Crippen molar-refractivity contribution in [3.05, 3.63) is 108 Å². The molecule has 5 atom stereocenters. The number of aromatic nitrogens is 4. The molecule has 332 valence electrons. The second-order valence-corrected chi connectivity index (χ2v) is 23.6. The average Bonchev–Trinajstić information content (AvgIpc) is 3.82. The van der Waals surface area contributed by atoms with Gasteiger partial charge in [-0.05, 0) is 86.8 Å². The zero-order valence-electron chi connectivity index (χ0n) is 37.8. The van der Waals surface area contributed by atoms with Crippen LogP contribution in [-0.2, 0) is 28.5 Å². The van der Waals surface area contributed by atoms with Crippen LogP contribution < -0.4 is 15.2 Å². The highest BCUT2D eigenvalue weighted by atomic mass is 31.2. The van der Waals surface area contributed by atoms with Crippen LogP contribution in [0.2, 0.25) is 18.1 Å². The van der Waals surface area contributed by atoms with Crippen molar-refractivity contribution >= 4 is 33.8 Å². The Bertz CT molecular complexity index is 2190. The van der Waals surface area contributed by atoms with E-state index in [0.717, 1.165) is 28.2 Å². The van der Waals surface area contributed by atoms with Crippen LogP contribution in [-0.4, -0.2) is 90.3 Å². The maximum absolute atomic E-state index is 9.54. The monoisotopic (exact) mass is 883 g/mol. The van der Waals surface area contributed by atoms with Gasteiger partial charge in [0.05, 0.1) is 46.3 Å². The van der Waals surface area contributed by atoms with Gasteiger partial charge in [0, 0.05) is 12.1 Å². The summed E-state index contributed by atoms with van der Waals surface area (Å²) < 4.78 is 51.4. The maximum atomic E-state index is 9.54. The summed E-state index contributed by atoms with van der Waals surface area (Å²) in [6, 6.07) is 28.4. The minimum atomic E-state index is -2.58. The van der Waals surface area contributed by atoms with Crippen LogP contribution in [0.25, 0.3) is 11.2 Å². The highest BCUT2D eigenvalue weighted by Crippen LogP contribution is 2.53. The molecule has 1 aliphatic heterocycles. The predicted molar refractivity (Wildman–Crippen MR) is 244 cm³/mol. The zero-order chi connectivity index (χ0) is 44.8. The van der Waals surface area contributed by atoms with Crippen LogP contribution in [0.1, 0.15) is 77.8 Å². The molecule has 14 nitrogen and oxygen atoms in total. The molecular weight excluding hydrogens is 822 g/mol. The van der Waals surface area contributed by atoms with E-state index in [1.807, 2.05) is 71.3 Å². The molecule has 16 heteroatoms. The third-order valence-corrected chi connectivity index (χ3v) is 18.3. The molecule has 2 N–H and O–H groups in total. The highest BCUT2D eigenvalue weighted by molar-refractivity contribution is 7.44. The Balaban J connectivity index is 1.54. The van der Waals surface area contributed by atoms with Crippen molar-refractivity contribution < 1.29 is 32.4 Å². The first-order chi connectivity index (χ1) is 29.6. The van der Waals surface area contributed by atoms with Gasteiger partial charge in [0.2, 0.25) is 0 Å². The first kappa shape index (κ1) is 47.0. The van der Waals surface area contributed by atoms with Crippen molar-refractivity contribution in [1.82, 2.24) is 24.2 Å². The molecule has 5 aromatic rings. The Kier molecular flexibility index (Phi) is 15.1. The van der Waals surface area contributed by atoms with Gasteiger partial charge in [0.1, 0.15) is 47.3 Å². The summed E-state index contributed by atoms with van der Waals surface area (Å²) in [5.41, 5.74) is 8.80. The lowest BCUT2D eigenvalue weighted by atomic mass is 9.80. The number of rotatable bonds is 19. The van der Waals surface area contributed by atoms with Crippen molar-refractivity contribution in [2.24, 2.45) is 0 Å². The number of anilines is 1. The van der Waals surface area contributed by atoms with Crippen molar-refractivity contribution in [2.45, 2.75) is 115 Å². The smallest absolute Gasteiger partial charge is 0.259 e. The van der Waals surface area contributed by atoms with E-state index < -0.39 is 47.0 Å². The van der Waals surface area contributed by atoms with E-state index in [1.54, 1.807) is 20.5 Å². The normalized spacial score (nSPS) is 19.0. The van der Waals surface area contributed by atoms with E-state index in [0.29, 0.717) is 11.2 Å². The van der Waals surface area contributed by atoms with Crippen LogP contribution in [0.4, 0.5) is 5.82 Å². The Morgan fingerprint density at radius 2 is 1.44 bits per heavy atom. The SMILES string of the molecule is COc1ccc(C(OC[C@H]2O[C@@H](n3cnc4c(N)ncnc43)[C@H](OP(OCCC#N)N(C(C)C)C(C)C)[C@@H]2O[Si](C)(C)C(C)(C)C)(c2ccccc2)c2ccc(OC)cc2)cc1. The van der Waals surface area contributed by atoms with Gasteiger partial charge in [-0.3, -0.25) is 4.57 Å². The van der Waals surface area contributed by atoms with Crippen molar-refractivity contribution in [1.29, 1.82) is 5.26 Å². The van der Waals surface area contributed by atoms with Gasteiger partial charge < -0.3 is 38.2 Å². The molecule has 0 amide bonds. The number of nitriles is 1. The molecule has 62 heavy (non-hydrogen) atoms. The molecule has 0 bridgehead atoms. The van der Waals surface area contributed by atoms with Crippen molar-refractivity contribution in [3.63, 3.8) is 0 Å². The number of benzene rings is 3. The number of methoxy groups -OCH3 is 2. The first-order valence-corrected chi connectivity index (χ1v) is 25.1. The number of nitrogens with zero attached hydrogens (tertiary/aromatic N) is 6. The molecule has 0 saturated carbocycles. The van der Waals surface area contributed by atoms with E-state index in [2.05, 4.69) is 99.4 Å². The zero-order valence-corrected chi connectivity index (χ0v) is 39.7. The van der Waals surface area contributed by atoms with E-state index in [-0.39, 0.29) is 42.6 Å². The van der Waals surface area contributed by atoms with Crippen LogP contribution in [0.5, 0.6) is 11.5 Å². The van der Waals surface area contributed by atoms with Gasteiger partial charge in [-0.2, -0.15) is 5.26 Å². The highest BCUT2D eigenvalue weighted by Gasteiger charge is 2.54. The fraction of sp³-hybridized carbons (Fsp3) is 0.478. The predicted octanol–water partition coefficient (Wildman–Crippen LogP) is 9.38. The third-order valence-electron chi connectivity index (χ3n) is 11.7. The quantitative estimate of drug-likeness (QED) is 0.0362. The number of nitrogen functional groups attached to an aromatic ring is 1. The minimum Gasteiger partial charge on any atom is -0.497 e. The topological polar surface area (TPSA) is 161 Å². The number of nitrogens with two attached hydrogens (primary N) is 1. The second kappa shape index (κ2) is 19.9. The second-order valence-electron chi connectivity index (χ2n) is 17.4. The van der Waals surface area contributed by atoms with Crippen LogP contribution in [0, 0.1) is 11.3 Å². The first-order valence-electron chi connectivity index (χ1n) is 21.1. The van der Waals surface area contributed by atoms with Gasteiger partial charge in [-0.1, -0.05) is 75.4 Å². The van der Waals surface area contributed by atoms with E-state index >= 15 is 0 Å². The lowest BCUT2D eigenvalue weighted by molar-refractivity contribution is -0.0928. The molecule has 3 aromatic carbocycles. The molecule has 3 heterocycles. The lowest BCUT2D eigenvalue weighted by Crippen LogP contribution is -2.51.